The number of aryl methyl sites for hydroxylation is 1. The number of ether oxygens (including phenoxy) is 1. The Morgan fingerprint density at radius 1 is 1.18 bits per heavy atom. The number of rotatable bonds is 6. The van der Waals surface area contributed by atoms with Crippen molar-refractivity contribution in [1.82, 2.24) is 14.8 Å². The number of esters is 1. The molecule has 7 nitrogen and oxygen atoms in total. The van der Waals surface area contributed by atoms with Crippen LogP contribution in [-0.4, -0.2) is 33.0 Å². The fourth-order valence-electron chi connectivity index (χ4n) is 3.37. The lowest BCUT2D eigenvalue weighted by molar-refractivity contribution is 0.0603. The lowest BCUT2D eigenvalue weighted by Crippen LogP contribution is -2.21. The minimum absolute atomic E-state index is 0.265. The van der Waals surface area contributed by atoms with Crippen LogP contribution in [0.25, 0.3) is 11.1 Å². The van der Waals surface area contributed by atoms with Crippen LogP contribution in [0.1, 0.15) is 20.8 Å². The molecule has 0 fully saturated rings. The van der Waals surface area contributed by atoms with Crippen LogP contribution in [0.3, 0.4) is 0 Å². The molecule has 4 rings (SSSR count). The first kappa shape index (κ1) is 22.9. The molecule has 0 amide bonds. The third kappa shape index (κ3) is 5.39. The van der Waals surface area contributed by atoms with Gasteiger partial charge in [-0.05, 0) is 42.4 Å². The molecule has 0 bridgehead atoms. The van der Waals surface area contributed by atoms with Crippen molar-refractivity contribution >= 4 is 57.2 Å². The Kier molecular flexibility index (Phi) is 7.02. The zero-order valence-electron chi connectivity index (χ0n) is 17.8. The van der Waals surface area contributed by atoms with Crippen molar-refractivity contribution in [3.05, 3.63) is 82.0 Å². The lowest BCUT2D eigenvalue weighted by atomic mass is 10.0. The number of carbonyl (C=O) groups excluding carboxylic acids is 1. The van der Waals surface area contributed by atoms with Crippen LogP contribution in [0.2, 0.25) is 5.02 Å². The molecular weight excluding hydrogens is 478 g/mol. The second-order valence-electron chi connectivity index (χ2n) is 7.07. The molecule has 0 spiro atoms. The molecular formula is C23H20ClN5O2S2. The van der Waals surface area contributed by atoms with Crippen molar-refractivity contribution in [2.75, 3.05) is 17.7 Å². The van der Waals surface area contributed by atoms with Gasteiger partial charge >= 0.3 is 5.97 Å². The monoisotopic (exact) mass is 497 g/mol. The summed E-state index contributed by atoms with van der Waals surface area (Å²) in [4.78, 5) is 17.8. The molecule has 168 valence electrons. The molecule has 0 saturated heterocycles. The summed E-state index contributed by atoms with van der Waals surface area (Å²) in [7, 11) is 1.36. The number of benzene rings is 2. The number of hydrogen-bond donors (Lipinski definition) is 2. The van der Waals surface area contributed by atoms with Gasteiger partial charge in [0.2, 0.25) is 5.95 Å². The normalized spacial score (nSPS) is 10.6. The summed E-state index contributed by atoms with van der Waals surface area (Å²) >= 11 is 12.9. The van der Waals surface area contributed by atoms with E-state index in [1.807, 2.05) is 61.5 Å². The average molecular weight is 498 g/mol. The molecule has 2 heterocycles. The number of methoxy groups -OCH3 is 1. The van der Waals surface area contributed by atoms with Crippen LogP contribution in [-0.2, 0) is 11.3 Å². The van der Waals surface area contributed by atoms with Crippen molar-refractivity contribution in [3.63, 3.8) is 0 Å². The highest BCUT2D eigenvalue weighted by molar-refractivity contribution is 7.80. The number of halogens is 1. The van der Waals surface area contributed by atoms with Gasteiger partial charge in [0.1, 0.15) is 16.9 Å². The summed E-state index contributed by atoms with van der Waals surface area (Å²) in [5, 5.41) is 12.0. The zero-order chi connectivity index (χ0) is 23.4. The van der Waals surface area contributed by atoms with Crippen molar-refractivity contribution in [1.29, 1.82) is 0 Å². The molecule has 0 aliphatic rings. The highest BCUT2D eigenvalue weighted by atomic mass is 35.5. The van der Waals surface area contributed by atoms with Gasteiger partial charge < -0.3 is 10.1 Å². The fourth-order valence-corrected chi connectivity index (χ4v) is 4.91. The molecule has 0 unspecified atom stereocenters. The minimum Gasteiger partial charge on any atom is -0.465 e. The van der Waals surface area contributed by atoms with Gasteiger partial charge in [-0.25, -0.2) is 14.5 Å². The van der Waals surface area contributed by atoms with Crippen LogP contribution < -0.4 is 10.6 Å². The summed E-state index contributed by atoms with van der Waals surface area (Å²) in [5.41, 5.74) is 3.20. The van der Waals surface area contributed by atoms with Gasteiger partial charge in [-0.3, -0.25) is 5.32 Å². The van der Waals surface area contributed by atoms with Gasteiger partial charge in [0.15, 0.2) is 5.11 Å². The molecule has 2 N–H and O–H groups in total. The van der Waals surface area contributed by atoms with E-state index >= 15 is 0 Å². The topological polar surface area (TPSA) is 81.1 Å². The van der Waals surface area contributed by atoms with E-state index in [2.05, 4.69) is 20.7 Å². The Hall–Kier alpha value is -3.27. The smallest absolute Gasteiger partial charge is 0.341 e. The van der Waals surface area contributed by atoms with Gasteiger partial charge in [-0.2, -0.15) is 0 Å². The maximum Gasteiger partial charge on any atom is 0.341 e. The molecule has 2 aromatic carbocycles. The van der Waals surface area contributed by atoms with Gasteiger partial charge in [-0.15, -0.1) is 16.4 Å². The number of aromatic nitrogens is 3. The minimum atomic E-state index is -0.438. The Balaban J connectivity index is 1.51. The standard InChI is InChI=1S/C23H20ClN5O2S2/c1-14-18(16-8-4-3-5-9-16)19(21(30)31-2)20(33-14)26-23(32)27-22-25-13-29(28-22)12-15-7-6-10-17(24)11-15/h3-11,13H,12H2,1-2H3,(H2,26,27,28,32). The number of anilines is 2. The molecule has 2 aromatic heterocycles. The van der Waals surface area contributed by atoms with Crippen molar-refractivity contribution in [3.8, 4) is 11.1 Å². The summed E-state index contributed by atoms with van der Waals surface area (Å²) < 4.78 is 6.73. The lowest BCUT2D eigenvalue weighted by Gasteiger charge is -2.09. The first-order valence-electron chi connectivity index (χ1n) is 9.93. The molecule has 0 saturated carbocycles. The zero-order valence-corrected chi connectivity index (χ0v) is 20.2. The predicted molar refractivity (Wildman–Crippen MR) is 136 cm³/mol. The van der Waals surface area contributed by atoms with Gasteiger partial charge in [0.05, 0.1) is 13.7 Å². The summed E-state index contributed by atoms with van der Waals surface area (Å²) in [6.45, 7) is 2.48. The van der Waals surface area contributed by atoms with E-state index in [4.69, 9.17) is 28.6 Å². The third-order valence-electron chi connectivity index (χ3n) is 4.76. The molecule has 0 aliphatic heterocycles. The number of carbonyl (C=O) groups is 1. The van der Waals surface area contributed by atoms with Crippen LogP contribution in [0, 0.1) is 6.92 Å². The Labute approximate surface area is 205 Å². The van der Waals surface area contributed by atoms with Crippen molar-refractivity contribution in [2.24, 2.45) is 0 Å². The molecule has 0 radical (unpaired) electrons. The largest absolute Gasteiger partial charge is 0.465 e. The van der Waals surface area contributed by atoms with E-state index in [0.29, 0.717) is 28.1 Å². The number of hydrogen-bond acceptors (Lipinski definition) is 6. The summed E-state index contributed by atoms with van der Waals surface area (Å²) in [6, 6.07) is 17.2. The first-order chi connectivity index (χ1) is 15.9. The van der Waals surface area contributed by atoms with Crippen LogP contribution in [0.15, 0.2) is 60.9 Å². The van der Waals surface area contributed by atoms with Crippen LogP contribution in [0.5, 0.6) is 0 Å². The SMILES string of the molecule is COC(=O)c1c(NC(=S)Nc2ncn(Cc3cccc(Cl)c3)n2)sc(C)c1-c1ccccc1. The molecule has 33 heavy (non-hydrogen) atoms. The Morgan fingerprint density at radius 3 is 2.70 bits per heavy atom. The number of thiophene rings is 1. The molecule has 0 aliphatic carbocycles. The average Bonchev–Trinajstić information content (AvgIpc) is 3.36. The van der Waals surface area contributed by atoms with E-state index < -0.39 is 5.97 Å². The quantitative estimate of drug-likeness (QED) is 0.264. The van der Waals surface area contributed by atoms with E-state index in [1.54, 1.807) is 11.0 Å². The maximum absolute atomic E-state index is 12.6. The predicted octanol–water partition coefficient (Wildman–Crippen LogP) is 5.61. The van der Waals surface area contributed by atoms with Crippen LogP contribution >= 0.6 is 35.2 Å². The number of nitrogens with one attached hydrogen (secondary N) is 2. The number of nitrogens with zero attached hydrogens (tertiary/aromatic N) is 3. The summed E-state index contributed by atoms with van der Waals surface area (Å²) in [5.74, 6) is -0.0989. The highest BCUT2D eigenvalue weighted by Crippen LogP contribution is 2.40. The molecule has 0 atom stereocenters. The fraction of sp³-hybridized carbons (Fsp3) is 0.130. The van der Waals surface area contributed by atoms with E-state index in [0.717, 1.165) is 21.6 Å². The van der Waals surface area contributed by atoms with Crippen molar-refractivity contribution in [2.45, 2.75) is 13.5 Å². The maximum atomic E-state index is 12.6. The Morgan fingerprint density at radius 2 is 1.97 bits per heavy atom. The third-order valence-corrected chi connectivity index (χ3v) is 6.22. The van der Waals surface area contributed by atoms with E-state index in [1.165, 1.54) is 18.4 Å². The second kappa shape index (κ2) is 10.1. The van der Waals surface area contributed by atoms with E-state index in [-0.39, 0.29) is 5.11 Å². The van der Waals surface area contributed by atoms with Gasteiger partial charge in [0.25, 0.3) is 0 Å². The van der Waals surface area contributed by atoms with Crippen molar-refractivity contribution < 1.29 is 9.53 Å². The molecule has 10 heteroatoms. The van der Waals surface area contributed by atoms with Gasteiger partial charge in [0, 0.05) is 15.5 Å². The first-order valence-corrected chi connectivity index (χ1v) is 11.5. The number of thiocarbonyl (C=S) groups is 1. The second-order valence-corrected chi connectivity index (χ2v) is 9.14. The van der Waals surface area contributed by atoms with Crippen LogP contribution in [0.4, 0.5) is 10.9 Å². The molecule has 4 aromatic rings. The Bertz CT molecular complexity index is 1300. The summed E-state index contributed by atoms with van der Waals surface area (Å²) in [6.07, 6.45) is 1.61. The highest BCUT2D eigenvalue weighted by Gasteiger charge is 2.24. The van der Waals surface area contributed by atoms with E-state index in [9.17, 15) is 4.79 Å². The van der Waals surface area contributed by atoms with Gasteiger partial charge in [-0.1, -0.05) is 54.1 Å².